The molecule has 3 nitrogen and oxygen atoms in total. The summed E-state index contributed by atoms with van der Waals surface area (Å²) >= 11 is 0. The summed E-state index contributed by atoms with van der Waals surface area (Å²) in [6.07, 6.45) is 4.32. The van der Waals surface area contributed by atoms with Gasteiger partial charge in [-0.25, -0.2) is 0 Å². The van der Waals surface area contributed by atoms with Crippen LogP contribution in [0.2, 0.25) is 0 Å². The number of carbonyl (C=O) groups is 1. The molecule has 1 aliphatic carbocycles. The highest BCUT2D eigenvalue weighted by Crippen LogP contribution is 2.15. The fourth-order valence-electron chi connectivity index (χ4n) is 0.676. The maximum absolute atomic E-state index is 10.2. The van der Waals surface area contributed by atoms with Gasteiger partial charge in [0.25, 0.3) is 0 Å². The van der Waals surface area contributed by atoms with Crippen LogP contribution in [0, 0.1) is 5.92 Å². The number of hydrogen-bond donors (Lipinski definition) is 2. The standard InChI is InChI=1S/C6H6O3/c7-5-3-1-2-4(5)6(8)9/h1-4,7H,(H,8,9). The lowest BCUT2D eigenvalue weighted by molar-refractivity contribution is -0.139. The Morgan fingerprint density at radius 3 is 2.56 bits per heavy atom. The van der Waals surface area contributed by atoms with Gasteiger partial charge in [-0.15, -0.1) is 0 Å². The first kappa shape index (κ1) is 5.88. The zero-order chi connectivity index (χ0) is 6.85. The first-order chi connectivity index (χ1) is 4.22. The molecule has 0 saturated carbocycles. The Labute approximate surface area is 51.9 Å². The van der Waals surface area contributed by atoms with E-state index >= 15 is 0 Å². The molecule has 3 heteroatoms. The van der Waals surface area contributed by atoms with Crippen molar-refractivity contribution < 1.29 is 15.0 Å². The predicted molar refractivity (Wildman–Crippen MR) is 31.0 cm³/mol. The molecule has 2 N–H and O–H groups in total. The monoisotopic (exact) mass is 126 g/mol. The summed E-state index contributed by atoms with van der Waals surface area (Å²) in [7, 11) is 0. The van der Waals surface area contributed by atoms with E-state index in [0.29, 0.717) is 0 Å². The Bertz CT molecular complexity index is 190. The van der Waals surface area contributed by atoms with E-state index in [-0.39, 0.29) is 5.76 Å². The van der Waals surface area contributed by atoms with Crippen LogP contribution in [0.5, 0.6) is 0 Å². The fraction of sp³-hybridized carbons (Fsp3) is 0.167. The Morgan fingerprint density at radius 2 is 2.33 bits per heavy atom. The van der Waals surface area contributed by atoms with E-state index in [4.69, 9.17) is 10.2 Å². The molecule has 1 rings (SSSR count). The molecule has 0 fully saturated rings. The molecule has 0 aromatic heterocycles. The van der Waals surface area contributed by atoms with Crippen molar-refractivity contribution in [1.82, 2.24) is 0 Å². The lowest BCUT2D eigenvalue weighted by atomic mass is 10.1. The van der Waals surface area contributed by atoms with Gasteiger partial charge in [0.1, 0.15) is 11.7 Å². The number of aliphatic hydroxyl groups is 1. The minimum absolute atomic E-state index is 0.0949. The second-order valence-electron chi connectivity index (χ2n) is 1.79. The van der Waals surface area contributed by atoms with Crippen molar-refractivity contribution in [3.8, 4) is 0 Å². The Morgan fingerprint density at radius 1 is 1.67 bits per heavy atom. The summed E-state index contributed by atoms with van der Waals surface area (Å²) in [5.41, 5.74) is 0. The minimum Gasteiger partial charge on any atom is -0.511 e. The lowest BCUT2D eigenvalue weighted by Gasteiger charge is -1.99. The van der Waals surface area contributed by atoms with Crippen LogP contribution >= 0.6 is 0 Å². The zero-order valence-corrected chi connectivity index (χ0v) is 4.61. The molecule has 9 heavy (non-hydrogen) atoms. The highest BCUT2D eigenvalue weighted by atomic mass is 16.4. The average molecular weight is 126 g/mol. The van der Waals surface area contributed by atoms with Gasteiger partial charge in [-0.2, -0.15) is 0 Å². The molecule has 0 amide bonds. The summed E-state index contributed by atoms with van der Waals surface area (Å²) in [5.74, 6) is -1.93. The third-order valence-electron chi connectivity index (χ3n) is 1.16. The van der Waals surface area contributed by atoms with Gasteiger partial charge in [0, 0.05) is 0 Å². The number of rotatable bonds is 1. The maximum atomic E-state index is 10.2. The van der Waals surface area contributed by atoms with Crippen molar-refractivity contribution in [3.05, 3.63) is 24.0 Å². The average Bonchev–Trinajstić information content (AvgIpc) is 2.13. The normalized spacial score (nSPS) is 24.0. The van der Waals surface area contributed by atoms with E-state index in [0.717, 1.165) is 0 Å². The van der Waals surface area contributed by atoms with E-state index < -0.39 is 11.9 Å². The van der Waals surface area contributed by atoms with Gasteiger partial charge >= 0.3 is 5.97 Å². The third-order valence-corrected chi connectivity index (χ3v) is 1.16. The van der Waals surface area contributed by atoms with Gasteiger partial charge in [-0.1, -0.05) is 12.2 Å². The maximum Gasteiger partial charge on any atom is 0.318 e. The number of aliphatic hydroxyl groups excluding tert-OH is 1. The molecule has 0 aliphatic heterocycles. The number of aliphatic carboxylic acids is 1. The van der Waals surface area contributed by atoms with Crippen LogP contribution in [0.1, 0.15) is 0 Å². The summed E-state index contributed by atoms with van der Waals surface area (Å²) in [6.45, 7) is 0. The third kappa shape index (κ3) is 0.937. The predicted octanol–water partition coefficient (Wildman–Crippen LogP) is 0.699. The largest absolute Gasteiger partial charge is 0.511 e. The molecule has 1 unspecified atom stereocenters. The van der Waals surface area contributed by atoms with Crippen molar-refractivity contribution in [2.45, 2.75) is 0 Å². The topological polar surface area (TPSA) is 57.5 Å². The molecule has 48 valence electrons. The highest BCUT2D eigenvalue weighted by Gasteiger charge is 2.20. The van der Waals surface area contributed by atoms with Crippen LogP contribution in [0.25, 0.3) is 0 Å². The Balaban J connectivity index is 2.74. The smallest absolute Gasteiger partial charge is 0.318 e. The second-order valence-corrected chi connectivity index (χ2v) is 1.79. The molecule has 0 aromatic rings. The number of carboxylic acids is 1. The van der Waals surface area contributed by atoms with Crippen molar-refractivity contribution in [3.63, 3.8) is 0 Å². The van der Waals surface area contributed by atoms with Gasteiger partial charge < -0.3 is 10.2 Å². The first-order valence-corrected chi connectivity index (χ1v) is 2.52. The molecule has 1 aliphatic rings. The van der Waals surface area contributed by atoms with E-state index in [1.807, 2.05) is 0 Å². The van der Waals surface area contributed by atoms with Crippen LogP contribution in [0.3, 0.4) is 0 Å². The molecule has 0 bridgehead atoms. The quantitative estimate of drug-likeness (QED) is 0.543. The van der Waals surface area contributed by atoms with Crippen LogP contribution in [0.15, 0.2) is 24.0 Å². The minimum atomic E-state index is -1.02. The van der Waals surface area contributed by atoms with Crippen molar-refractivity contribution in [2.24, 2.45) is 5.92 Å². The lowest BCUT2D eigenvalue weighted by Crippen LogP contribution is -2.10. The molecule has 0 aromatic carbocycles. The molecule has 0 spiro atoms. The van der Waals surface area contributed by atoms with Crippen molar-refractivity contribution in [1.29, 1.82) is 0 Å². The van der Waals surface area contributed by atoms with Crippen LogP contribution in [-0.4, -0.2) is 16.2 Å². The summed E-state index contributed by atoms with van der Waals surface area (Å²) in [5, 5.41) is 17.1. The summed E-state index contributed by atoms with van der Waals surface area (Å²) < 4.78 is 0. The highest BCUT2D eigenvalue weighted by molar-refractivity contribution is 5.76. The number of allylic oxidation sites excluding steroid dienone is 2. The van der Waals surface area contributed by atoms with E-state index in [9.17, 15) is 4.79 Å². The Hall–Kier alpha value is -1.25. The summed E-state index contributed by atoms with van der Waals surface area (Å²) in [6, 6.07) is 0. The zero-order valence-electron chi connectivity index (χ0n) is 4.61. The molecule has 0 heterocycles. The van der Waals surface area contributed by atoms with E-state index in [2.05, 4.69) is 0 Å². The SMILES string of the molecule is O=C(O)C1C=CC=C1O. The van der Waals surface area contributed by atoms with E-state index in [1.54, 1.807) is 0 Å². The summed E-state index contributed by atoms with van der Waals surface area (Å²) in [4.78, 5) is 10.2. The van der Waals surface area contributed by atoms with Gasteiger partial charge in [-0.3, -0.25) is 4.79 Å². The second kappa shape index (κ2) is 1.93. The first-order valence-electron chi connectivity index (χ1n) is 2.52. The van der Waals surface area contributed by atoms with Gasteiger partial charge in [-0.05, 0) is 6.08 Å². The van der Waals surface area contributed by atoms with Crippen LogP contribution in [0.4, 0.5) is 0 Å². The van der Waals surface area contributed by atoms with Gasteiger partial charge in [0.2, 0.25) is 0 Å². The van der Waals surface area contributed by atoms with Crippen molar-refractivity contribution >= 4 is 5.97 Å². The molecular formula is C6H6O3. The van der Waals surface area contributed by atoms with Crippen molar-refractivity contribution in [2.75, 3.05) is 0 Å². The molecule has 0 saturated heterocycles. The fourth-order valence-corrected chi connectivity index (χ4v) is 0.676. The van der Waals surface area contributed by atoms with Crippen LogP contribution < -0.4 is 0 Å². The number of hydrogen-bond acceptors (Lipinski definition) is 2. The molecule has 0 radical (unpaired) electrons. The molecular weight excluding hydrogens is 120 g/mol. The van der Waals surface area contributed by atoms with Gasteiger partial charge in [0.15, 0.2) is 0 Å². The van der Waals surface area contributed by atoms with Crippen LogP contribution in [-0.2, 0) is 4.79 Å². The van der Waals surface area contributed by atoms with Gasteiger partial charge in [0.05, 0.1) is 0 Å². The molecule has 1 atom stereocenters. The number of carboxylic acid groups (broad SMARTS) is 1. The Kier molecular flexibility index (Phi) is 1.26. The van der Waals surface area contributed by atoms with E-state index in [1.165, 1.54) is 18.2 Å².